The molecule has 30 heavy (non-hydrogen) atoms. The van der Waals surface area contributed by atoms with Crippen LogP contribution in [0.25, 0.3) is 0 Å². The molecule has 2 heteroatoms. The second kappa shape index (κ2) is 7.25. The molecule has 2 aromatic carbocycles. The zero-order valence-electron chi connectivity index (χ0n) is 19.5. The molecular weight excluding hydrogens is 368 g/mol. The van der Waals surface area contributed by atoms with Gasteiger partial charge in [-0.25, -0.2) is 4.79 Å². The second-order valence-electron chi connectivity index (χ2n) is 10.7. The molecule has 2 nitrogen and oxygen atoms in total. The molecule has 0 heterocycles. The lowest BCUT2D eigenvalue weighted by atomic mass is 9.61. The minimum absolute atomic E-state index is 0.103. The Morgan fingerprint density at radius 2 is 1.43 bits per heavy atom. The number of aryl methyl sites for hydroxylation is 1. The van der Waals surface area contributed by atoms with Gasteiger partial charge in [0.05, 0.1) is 12.7 Å². The van der Waals surface area contributed by atoms with Gasteiger partial charge >= 0.3 is 5.97 Å². The Labute approximate surface area is 182 Å². The number of ether oxygens (including phenoxy) is 1. The quantitative estimate of drug-likeness (QED) is 0.509. The van der Waals surface area contributed by atoms with E-state index in [0.29, 0.717) is 5.56 Å². The maximum atomic E-state index is 11.9. The summed E-state index contributed by atoms with van der Waals surface area (Å²) in [5, 5.41) is 0. The lowest BCUT2D eigenvalue weighted by Gasteiger charge is -2.43. The summed E-state index contributed by atoms with van der Waals surface area (Å²) < 4.78 is 4.88. The first-order valence-electron chi connectivity index (χ1n) is 11.5. The molecule has 0 amide bonds. The zero-order valence-corrected chi connectivity index (χ0v) is 19.5. The van der Waals surface area contributed by atoms with Crippen LogP contribution in [0, 0.1) is 0 Å². The van der Waals surface area contributed by atoms with E-state index in [-0.39, 0.29) is 22.2 Å². The van der Waals surface area contributed by atoms with Crippen molar-refractivity contribution < 1.29 is 9.53 Å². The summed E-state index contributed by atoms with van der Waals surface area (Å²) >= 11 is 0. The van der Waals surface area contributed by atoms with Crippen LogP contribution < -0.4 is 0 Å². The molecule has 0 aliphatic heterocycles. The van der Waals surface area contributed by atoms with E-state index in [2.05, 4.69) is 58.9 Å². The normalized spacial score (nSPS) is 20.3. The van der Waals surface area contributed by atoms with Crippen molar-refractivity contribution in [3.63, 3.8) is 0 Å². The molecule has 0 aromatic heterocycles. The summed E-state index contributed by atoms with van der Waals surface area (Å²) in [6, 6.07) is 13.3. The Morgan fingerprint density at radius 1 is 0.867 bits per heavy atom. The zero-order chi connectivity index (χ0) is 21.7. The van der Waals surface area contributed by atoms with E-state index in [1.807, 2.05) is 12.1 Å². The van der Waals surface area contributed by atoms with E-state index in [4.69, 9.17) is 4.74 Å². The molecule has 0 N–H and O–H groups in total. The van der Waals surface area contributed by atoms with Gasteiger partial charge in [0.15, 0.2) is 0 Å². The van der Waals surface area contributed by atoms with Crippen LogP contribution in [0.5, 0.6) is 0 Å². The third kappa shape index (κ3) is 3.39. The van der Waals surface area contributed by atoms with Gasteiger partial charge in [-0.05, 0) is 82.9 Å². The predicted octanol–water partition coefficient (Wildman–Crippen LogP) is 6.85. The SMILES string of the molecule is CCCc1cc2c(cc1C1(c3ccc(C(=O)OC)cc3)CC1)C(C)(C)CCC2(C)C. The lowest BCUT2D eigenvalue weighted by molar-refractivity contribution is 0.0600. The van der Waals surface area contributed by atoms with Crippen LogP contribution >= 0.6 is 0 Å². The van der Waals surface area contributed by atoms with Crippen LogP contribution in [-0.2, 0) is 27.4 Å². The van der Waals surface area contributed by atoms with E-state index in [1.54, 1.807) is 11.1 Å². The minimum atomic E-state index is -0.268. The summed E-state index contributed by atoms with van der Waals surface area (Å²) in [4.78, 5) is 11.9. The summed E-state index contributed by atoms with van der Waals surface area (Å²) in [5.41, 5.74) is 8.68. The summed E-state index contributed by atoms with van der Waals surface area (Å²) in [7, 11) is 1.44. The highest BCUT2D eigenvalue weighted by atomic mass is 16.5. The van der Waals surface area contributed by atoms with Crippen molar-refractivity contribution in [3.8, 4) is 0 Å². The molecule has 0 radical (unpaired) electrons. The number of esters is 1. The second-order valence-corrected chi connectivity index (χ2v) is 10.7. The molecule has 1 saturated carbocycles. The number of carbonyl (C=O) groups is 1. The van der Waals surface area contributed by atoms with Crippen molar-refractivity contribution in [2.24, 2.45) is 0 Å². The molecule has 1 fully saturated rings. The lowest BCUT2D eigenvalue weighted by Crippen LogP contribution is -2.34. The number of carbonyl (C=O) groups excluding carboxylic acids is 1. The molecule has 0 unspecified atom stereocenters. The molecule has 0 atom stereocenters. The van der Waals surface area contributed by atoms with Gasteiger partial charge in [0, 0.05) is 5.41 Å². The molecule has 4 rings (SSSR count). The number of methoxy groups -OCH3 is 1. The van der Waals surface area contributed by atoms with E-state index in [0.717, 1.165) is 12.8 Å². The van der Waals surface area contributed by atoms with Crippen LogP contribution in [0.4, 0.5) is 0 Å². The van der Waals surface area contributed by atoms with Gasteiger partial charge in [0.25, 0.3) is 0 Å². The Hall–Kier alpha value is -2.09. The Morgan fingerprint density at radius 3 is 1.93 bits per heavy atom. The molecule has 2 aliphatic carbocycles. The molecule has 0 spiro atoms. The first kappa shape index (κ1) is 21.2. The minimum Gasteiger partial charge on any atom is -0.465 e. The van der Waals surface area contributed by atoms with Crippen molar-refractivity contribution in [1.82, 2.24) is 0 Å². The monoisotopic (exact) mass is 404 g/mol. The fourth-order valence-corrected chi connectivity index (χ4v) is 5.46. The van der Waals surface area contributed by atoms with Crippen molar-refractivity contribution in [2.45, 2.75) is 89.4 Å². The van der Waals surface area contributed by atoms with E-state index in [1.165, 1.54) is 49.5 Å². The van der Waals surface area contributed by atoms with Gasteiger partial charge in [0.2, 0.25) is 0 Å². The summed E-state index contributed by atoms with van der Waals surface area (Å²) in [6.07, 6.45) is 7.14. The van der Waals surface area contributed by atoms with Gasteiger partial charge in [-0.15, -0.1) is 0 Å². The molecular formula is C28H36O2. The molecule has 0 bridgehead atoms. The number of fused-ring (bicyclic) bond motifs is 1. The number of hydrogen-bond acceptors (Lipinski definition) is 2. The standard InChI is InChI=1S/C28H36O2/c1-7-8-20-17-23-24(27(4,5)14-13-26(23,2)3)18-22(20)28(15-16-28)21-11-9-19(10-12-21)25(29)30-6/h9-12,17-18H,7-8,13-16H2,1-6H3. The van der Waals surface area contributed by atoms with E-state index in [9.17, 15) is 4.79 Å². The van der Waals surface area contributed by atoms with Gasteiger partial charge < -0.3 is 4.74 Å². The van der Waals surface area contributed by atoms with Crippen LogP contribution in [0.15, 0.2) is 36.4 Å². The predicted molar refractivity (Wildman–Crippen MR) is 124 cm³/mol. The Bertz CT molecular complexity index is 959. The fraction of sp³-hybridized carbons (Fsp3) is 0.536. The summed E-state index contributed by atoms with van der Waals surface area (Å²) in [6.45, 7) is 11.9. The van der Waals surface area contributed by atoms with E-state index < -0.39 is 0 Å². The number of hydrogen-bond donors (Lipinski definition) is 0. The topological polar surface area (TPSA) is 26.3 Å². The van der Waals surface area contributed by atoms with Crippen molar-refractivity contribution >= 4 is 5.97 Å². The maximum Gasteiger partial charge on any atom is 0.337 e. The number of benzene rings is 2. The smallest absolute Gasteiger partial charge is 0.337 e. The van der Waals surface area contributed by atoms with E-state index >= 15 is 0 Å². The Kier molecular flexibility index (Phi) is 5.11. The largest absolute Gasteiger partial charge is 0.465 e. The highest BCUT2D eigenvalue weighted by Crippen LogP contribution is 2.57. The average Bonchev–Trinajstić information content (AvgIpc) is 3.53. The van der Waals surface area contributed by atoms with Gasteiger partial charge in [0.1, 0.15) is 0 Å². The van der Waals surface area contributed by atoms with Crippen LogP contribution in [0.2, 0.25) is 0 Å². The van der Waals surface area contributed by atoms with Gasteiger partial charge in [-0.2, -0.15) is 0 Å². The first-order chi connectivity index (χ1) is 14.1. The Balaban J connectivity index is 1.85. The third-order valence-corrected chi connectivity index (χ3v) is 7.72. The summed E-state index contributed by atoms with van der Waals surface area (Å²) in [5.74, 6) is -0.268. The highest BCUT2D eigenvalue weighted by Gasteiger charge is 2.48. The van der Waals surface area contributed by atoms with Crippen LogP contribution in [-0.4, -0.2) is 13.1 Å². The fourth-order valence-electron chi connectivity index (χ4n) is 5.46. The molecule has 2 aliphatic rings. The van der Waals surface area contributed by atoms with Crippen molar-refractivity contribution in [2.75, 3.05) is 7.11 Å². The van der Waals surface area contributed by atoms with Gasteiger partial charge in [-0.3, -0.25) is 0 Å². The van der Waals surface area contributed by atoms with Crippen LogP contribution in [0.3, 0.4) is 0 Å². The molecule has 2 aromatic rings. The number of rotatable bonds is 5. The molecule has 160 valence electrons. The first-order valence-corrected chi connectivity index (χ1v) is 11.5. The third-order valence-electron chi connectivity index (χ3n) is 7.72. The van der Waals surface area contributed by atoms with Crippen molar-refractivity contribution in [3.05, 3.63) is 69.8 Å². The highest BCUT2D eigenvalue weighted by molar-refractivity contribution is 5.89. The van der Waals surface area contributed by atoms with Crippen LogP contribution in [0.1, 0.15) is 105 Å². The molecule has 0 saturated heterocycles. The maximum absolute atomic E-state index is 11.9. The van der Waals surface area contributed by atoms with Gasteiger partial charge in [-0.1, -0.05) is 65.3 Å². The average molecular weight is 405 g/mol. The van der Waals surface area contributed by atoms with Crippen molar-refractivity contribution in [1.29, 1.82) is 0 Å².